The van der Waals surface area contributed by atoms with Gasteiger partial charge in [0, 0.05) is 0 Å². The van der Waals surface area contributed by atoms with Crippen molar-refractivity contribution in [1.82, 2.24) is 5.32 Å². The van der Waals surface area contributed by atoms with Crippen molar-refractivity contribution < 1.29 is 12.4 Å². The topological polar surface area (TPSA) is 12.0 Å². The van der Waals surface area contributed by atoms with E-state index in [-0.39, 0.29) is 35.5 Å². The second-order valence-corrected chi connectivity index (χ2v) is 1.46. The minimum atomic E-state index is 0. The molecule has 0 bridgehead atoms. The molecule has 1 heterocycles. The molecule has 0 saturated carbocycles. The molecular weight excluding hydrogens is 122 g/mol. The average Bonchev–Trinajstić information content (AvgIpc) is 1.76. The van der Waals surface area contributed by atoms with Gasteiger partial charge in [0.1, 0.15) is 0 Å². The van der Waals surface area contributed by atoms with Crippen LogP contribution in [0, 0.1) is 0 Å². The van der Waals surface area contributed by atoms with Crippen LogP contribution in [0.2, 0.25) is 0 Å². The Balaban J connectivity index is 0. The van der Waals surface area contributed by atoms with Gasteiger partial charge in [-0.2, -0.15) is 0 Å². The Morgan fingerprint density at radius 3 is 1.57 bits per heavy atom. The van der Waals surface area contributed by atoms with Gasteiger partial charge in [-0.3, -0.25) is 0 Å². The predicted molar refractivity (Wildman–Crippen MR) is 27.9 cm³/mol. The number of halogens is 1. The van der Waals surface area contributed by atoms with E-state index in [9.17, 15) is 0 Å². The number of rotatable bonds is 0. The Labute approximate surface area is 66.8 Å². The average molecular weight is 131 g/mol. The Kier molecular flexibility index (Phi) is 10.9. The van der Waals surface area contributed by atoms with Crippen molar-refractivity contribution in [3.8, 4) is 0 Å². The summed E-state index contributed by atoms with van der Waals surface area (Å²) >= 11 is 0. The zero-order chi connectivity index (χ0) is 3.54. The van der Waals surface area contributed by atoms with Crippen LogP contribution in [0.4, 0.5) is 0 Å². The van der Waals surface area contributed by atoms with Gasteiger partial charge in [0.25, 0.3) is 0 Å². The molecule has 0 aromatic heterocycles. The summed E-state index contributed by atoms with van der Waals surface area (Å²) in [5.41, 5.74) is 0. The van der Waals surface area contributed by atoms with E-state index in [1.54, 1.807) is 0 Å². The van der Waals surface area contributed by atoms with Crippen LogP contribution in [0.3, 0.4) is 0 Å². The molecule has 0 spiro atoms. The largest absolute Gasteiger partial charge is 2.00 e. The van der Waals surface area contributed by atoms with Gasteiger partial charge >= 0.3 is 23.1 Å². The molecule has 38 valence electrons. The maximum absolute atomic E-state index is 3.22. The van der Waals surface area contributed by atoms with Gasteiger partial charge in [-0.25, -0.2) is 0 Å². The van der Waals surface area contributed by atoms with Crippen molar-refractivity contribution >= 4 is 23.1 Å². The van der Waals surface area contributed by atoms with Crippen LogP contribution in [-0.4, -0.2) is 36.1 Å². The molecule has 0 atom stereocenters. The van der Waals surface area contributed by atoms with Crippen molar-refractivity contribution in [3.05, 3.63) is 0 Å². The number of nitrogens with one attached hydrogen (secondary N) is 1. The standard InChI is InChI=1S/C4H9N.ClH.Mg/c1-2-4-5-3-1;;/h5H,1-4H2;1H;/q;;+2/p-1. The van der Waals surface area contributed by atoms with Gasteiger partial charge in [0.2, 0.25) is 0 Å². The van der Waals surface area contributed by atoms with Crippen LogP contribution >= 0.6 is 0 Å². The molecule has 1 fully saturated rings. The minimum Gasteiger partial charge on any atom is -1.00 e. The molecule has 1 N–H and O–H groups in total. The van der Waals surface area contributed by atoms with Crippen LogP contribution < -0.4 is 17.7 Å². The summed E-state index contributed by atoms with van der Waals surface area (Å²) in [6.07, 6.45) is 2.78. The molecule has 1 rings (SSSR count). The summed E-state index contributed by atoms with van der Waals surface area (Å²) in [5.74, 6) is 0. The normalized spacial score (nSPS) is 17.1. The molecule has 3 heteroatoms. The number of hydrogen-bond donors (Lipinski definition) is 1. The molecule has 0 radical (unpaired) electrons. The van der Waals surface area contributed by atoms with Crippen LogP contribution in [-0.2, 0) is 0 Å². The van der Waals surface area contributed by atoms with Gasteiger partial charge in [0.15, 0.2) is 0 Å². The molecule has 1 aliphatic rings. The van der Waals surface area contributed by atoms with E-state index in [2.05, 4.69) is 5.32 Å². The second-order valence-electron chi connectivity index (χ2n) is 1.46. The minimum absolute atomic E-state index is 0. The fraction of sp³-hybridized carbons (Fsp3) is 1.00. The summed E-state index contributed by atoms with van der Waals surface area (Å²) in [4.78, 5) is 0. The monoisotopic (exact) mass is 130 g/mol. The third-order valence-electron chi connectivity index (χ3n) is 0.957. The first-order valence-electron chi connectivity index (χ1n) is 2.21. The molecule has 0 unspecified atom stereocenters. The fourth-order valence-electron chi connectivity index (χ4n) is 0.625. The van der Waals surface area contributed by atoms with Crippen LogP contribution in [0.15, 0.2) is 0 Å². The van der Waals surface area contributed by atoms with Crippen molar-refractivity contribution in [1.29, 1.82) is 0 Å². The van der Waals surface area contributed by atoms with Crippen molar-refractivity contribution in [2.45, 2.75) is 12.8 Å². The fourth-order valence-corrected chi connectivity index (χ4v) is 0.625. The smallest absolute Gasteiger partial charge is 1.00 e. The van der Waals surface area contributed by atoms with E-state index in [4.69, 9.17) is 0 Å². The first-order chi connectivity index (χ1) is 2.50. The maximum atomic E-state index is 3.22. The summed E-state index contributed by atoms with van der Waals surface area (Å²) < 4.78 is 0. The quantitative estimate of drug-likeness (QED) is 0.345. The SMILES string of the molecule is C1CCNC1.[Cl-].[Mg+2]. The Bertz CT molecular complexity index is 23.3. The third-order valence-corrected chi connectivity index (χ3v) is 0.957. The molecular formula is C4H9ClMgN+. The second kappa shape index (κ2) is 7.02. The third kappa shape index (κ3) is 4.88. The predicted octanol–water partition coefficient (Wildman–Crippen LogP) is -3.01. The summed E-state index contributed by atoms with van der Waals surface area (Å²) in [6.45, 7) is 2.50. The Morgan fingerprint density at radius 1 is 1.00 bits per heavy atom. The van der Waals surface area contributed by atoms with Crippen LogP contribution in [0.25, 0.3) is 0 Å². The summed E-state index contributed by atoms with van der Waals surface area (Å²) in [6, 6.07) is 0. The van der Waals surface area contributed by atoms with Gasteiger partial charge in [0.05, 0.1) is 0 Å². The Hall–Kier alpha value is 1.02. The molecule has 1 saturated heterocycles. The molecule has 0 aromatic carbocycles. The Morgan fingerprint density at radius 2 is 1.43 bits per heavy atom. The first-order valence-corrected chi connectivity index (χ1v) is 2.21. The molecule has 0 aromatic rings. The molecule has 0 amide bonds. The number of hydrogen-bond acceptors (Lipinski definition) is 1. The van der Waals surface area contributed by atoms with Crippen molar-refractivity contribution in [3.63, 3.8) is 0 Å². The first kappa shape index (κ1) is 10.9. The van der Waals surface area contributed by atoms with Crippen molar-refractivity contribution in [2.24, 2.45) is 0 Å². The maximum Gasteiger partial charge on any atom is 2.00 e. The van der Waals surface area contributed by atoms with Crippen LogP contribution in [0.1, 0.15) is 12.8 Å². The van der Waals surface area contributed by atoms with Gasteiger partial charge in [-0.05, 0) is 25.9 Å². The summed E-state index contributed by atoms with van der Waals surface area (Å²) in [5, 5.41) is 3.22. The molecule has 7 heavy (non-hydrogen) atoms. The molecule has 0 aliphatic carbocycles. The molecule has 1 aliphatic heterocycles. The van der Waals surface area contributed by atoms with E-state index < -0.39 is 0 Å². The van der Waals surface area contributed by atoms with E-state index in [0.29, 0.717) is 0 Å². The zero-order valence-electron chi connectivity index (χ0n) is 4.41. The van der Waals surface area contributed by atoms with Gasteiger partial charge < -0.3 is 17.7 Å². The van der Waals surface area contributed by atoms with Crippen molar-refractivity contribution in [2.75, 3.05) is 13.1 Å². The van der Waals surface area contributed by atoms with E-state index in [1.165, 1.54) is 25.9 Å². The van der Waals surface area contributed by atoms with E-state index >= 15 is 0 Å². The van der Waals surface area contributed by atoms with Crippen LogP contribution in [0.5, 0.6) is 0 Å². The zero-order valence-corrected chi connectivity index (χ0v) is 6.58. The van der Waals surface area contributed by atoms with Gasteiger partial charge in [-0.1, -0.05) is 0 Å². The van der Waals surface area contributed by atoms with E-state index in [1.807, 2.05) is 0 Å². The van der Waals surface area contributed by atoms with E-state index in [0.717, 1.165) is 0 Å². The summed E-state index contributed by atoms with van der Waals surface area (Å²) in [7, 11) is 0. The molecule has 1 nitrogen and oxygen atoms in total. The van der Waals surface area contributed by atoms with Gasteiger partial charge in [-0.15, -0.1) is 0 Å².